The van der Waals surface area contributed by atoms with Gasteiger partial charge in [0.25, 0.3) is 0 Å². The van der Waals surface area contributed by atoms with E-state index in [-0.39, 0.29) is 23.8 Å². The van der Waals surface area contributed by atoms with Crippen molar-refractivity contribution in [1.29, 1.82) is 0 Å². The summed E-state index contributed by atoms with van der Waals surface area (Å²) in [5, 5.41) is 13.0. The van der Waals surface area contributed by atoms with Gasteiger partial charge in [-0.1, -0.05) is 53.6 Å². The molecule has 1 unspecified atom stereocenters. The first-order valence-corrected chi connectivity index (χ1v) is 9.25. The van der Waals surface area contributed by atoms with Crippen molar-refractivity contribution >= 4 is 29.0 Å². The first kappa shape index (κ1) is 19.6. The van der Waals surface area contributed by atoms with E-state index in [1.807, 2.05) is 43.3 Å². The number of aryl methyl sites for hydroxylation is 1. The summed E-state index contributed by atoms with van der Waals surface area (Å²) in [6.45, 7) is 1.98. The molecule has 0 aromatic heterocycles. The molecule has 0 aliphatic rings. The number of carboxylic acids is 1. The topological polar surface area (TPSA) is 66.4 Å². The second-order valence-corrected chi connectivity index (χ2v) is 7.06. The Morgan fingerprint density at radius 3 is 2.04 bits per heavy atom. The van der Waals surface area contributed by atoms with Crippen molar-refractivity contribution in [3.8, 4) is 0 Å². The highest BCUT2D eigenvalue weighted by Gasteiger charge is 2.18. The molecule has 142 valence electrons. The molecule has 0 spiro atoms. The van der Waals surface area contributed by atoms with Gasteiger partial charge in [0.2, 0.25) is 0 Å². The lowest BCUT2D eigenvalue weighted by Crippen LogP contribution is -2.16. The first-order chi connectivity index (χ1) is 13.4. The van der Waals surface area contributed by atoms with Crippen LogP contribution in [-0.4, -0.2) is 16.9 Å². The largest absolute Gasteiger partial charge is 0.478 e. The molecule has 3 aromatic carbocycles. The summed E-state index contributed by atoms with van der Waals surface area (Å²) >= 11 is 6.00. The Hall–Kier alpha value is -3.11. The van der Waals surface area contributed by atoms with Gasteiger partial charge in [0.1, 0.15) is 0 Å². The average Bonchev–Trinajstić information content (AvgIpc) is 2.69. The number of carbonyl (C=O) groups excluding carboxylic acids is 1. The Balaban J connectivity index is 1.84. The second kappa shape index (κ2) is 8.72. The van der Waals surface area contributed by atoms with Crippen molar-refractivity contribution in [2.75, 3.05) is 5.32 Å². The maximum Gasteiger partial charge on any atom is 0.335 e. The highest BCUT2D eigenvalue weighted by atomic mass is 35.5. The highest BCUT2D eigenvalue weighted by molar-refractivity contribution is 6.30. The summed E-state index contributed by atoms with van der Waals surface area (Å²) in [6, 6.07) is 21.0. The Bertz CT molecular complexity index is 964. The lowest BCUT2D eigenvalue weighted by atomic mass is 9.97. The van der Waals surface area contributed by atoms with Gasteiger partial charge in [-0.2, -0.15) is 0 Å². The number of nitrogens with one attached hydrogen (secondary N) is 1. The summed E-state index contributed by atoms with van der Waals surface area (Å²) in [5.74, 6) is -0.954. The van der Waals surface area contributed by atoms with Crippen LogP contribution in [0.15, 0.2) is 72.8 Å². The standard InChI is InChI=1S/C23H20ClNO3/c1-15-2-4-17(5-3-15)22(26)14-21(16-6-10-19(24)11-7-16)25-20-12-8-18(9-13-20)23(27)28/h2-13,21,25H,14H2,1H3,(H,27,28). The molecule has 0 aliphatic heterocycles. The minimum absolute atomic E-state index is 0.0228. The van der Waals surface area contributed by atoms with Gasteiger partial charge in [-0.15, -0.1) is 0 Å². The van der Waals surface area contributed by atoms with E-state index in [4.69, 9.17) is 16.7 Å². The van der Waals surface area contributed by atoms with Crippen molar-refractivity contribution < 1.29 is 14.7 Å². The fourth-order valence-corrected chi connectivity index (χ4v) is 3.03. The van der Waals surface area contributed by atoms with Crippen molar-refractivity contribution in [2.24, 2.45) is 0 Å². The van der Waals surface area contributed by atoms with Gasteiger partial charge in [-0.05, 0) is 48.9 Å². The van der Waals surface area contributed by atoms with E-state index in [0.717, 1.165) is 16.8 Å². The molecule has 0 fully saturated rings. The van der Waals surface area contributed by atoms with E-state index in [9.17, 15) is 9.59 Å². The summed E-state index contributed by atoms with van der Waals surface area (Å²) in [7, 11) is 0. The molecule has 28 heavy (non-hydrogen) atoms. The van der Waals surface area contributed by atoms with Gasteiger partial charge in [0.15, 0.2) is 5.78 Å². The maximum atomic E-state index is 12.8. The number of hydrogen-bond donors (Lipinski definition) is 2. The Labute approximate surface area is 168 Å². The van der Waals surface area contributed by atoms with Gasteiger partial charge in [-0.25, -0.2) is 4.79 Å². The molecule has 2 N–H and O–H groups in total. The van der Waals surface area contributed by atoms with Crippen LogP contribution < -0.4 is 5.32 Å². The number of hydrogen-bond acceptors (Lipinski definition) is 3. The van der Waals surface area contributed by atoms with Crippen LogP contribution >= 0.6 is 11.6 Å². The summed E-state index contributed by atoms with van der Waals surface area (Å²) in [4.78, 5) is 23.8. The second-order valence-electron chi connectivity index (χ2n) is 6.62. The van der Waals surface area contributed by atoms with E-state index in [0.29, 0.717) is 10.6 Å². The molecular formula is C23H20ClNO3. The number of benzene rings is 3. The lowest BCUT2D eigenvalue weighted by molar-refractivity contribution is 0.0696. The van der Waals surface area contributed by atoms with Crippen LogP contribution in [0.5, 0.6) is 0 Å². The van der Waals surface area contributed by atoms with Gasteiger partial charge < -0.3 is 10.4 Å². The number of rotatable bonds is 7. The van der Waals surface area contributed by atoms with Crippen LogP contribution in [0.1, 0.15) is 44.3 Å². The van der Waals surface area contributed by atoms with Crippen LogP contribution in [0.4, 0.5) is 5.69 Å². The number of ketones is 1. The number of anilines is 1. The molecule has 1 atom stereocenters. The van der Waals surface area contributed by atoms with E-state index >= 15 is 0 Å². The van der Waals surface area contributed by atoms with Crippen LogP contribution in [0.2, 0.25) is 5.02 Å². The third kappa shape index (κ3) is 4.99. The van der Waals surface area contributed by atoms with Gasteiger partial charge in [0, 0.05) is 22.7 Å². The zero-order valence-electron chi connectivity index (χ0n) is 15.4. The molecule has 0 saturated heterocycles. The van der Waals surface area contributed by atoms with Crippen LogP contribution in [0.3, 0.4) is 0 Å². The normalized spacial score (nSPS) is 11.6. The van der Waals surface area contributed by atoms with Crippen molar-refractivity contribution in [1.82, 2.24) is 0 Å². The van der Waals surface area contributed by atoms with Crippen LogP contribution in [-0.2, 0) is 0 Å². The molecule has 4 nitrogen and oxygen atoms in total. The van der Waals surface area contributed by atoms with E-state index in [1.165, 1.54) is 12.1 Å². The predicted octanol–water partition coefficient (Wildman–Crippen LogP) is 5.77. The summed E-state index contributed by atoms with van der Waals surface area (Å²) in [5.41, 5.74) is 3.63. The van der Waals surface area contributed by atoms with E-state index < -0.39 is 5.97 Å². The molecule has 5 heteroatoms. The predicted molar refractivity (Wildman–Crippen MR) is 111 cm³/mol. The van der Waals surface area contributed by atoms with E-state index in [2.05, 4.69) is 5.32 Å². The molecule has 0 aliphatic carbocycles. The van der Waals surface area contributed by atoms with Gasteiger partial charge >= 0.3 is 5.97 Å². The third-order valence-electron chi connectivity index (χ3n) is 4.51. The highest BCUT2D eigenvalue weighted by Crippen LogP contribution is 2.26. The zero-order valence-corrected chi connectivity index (χ0v) is 16.1. The quantitative estimate of drug-likeness (QED) is 0.500. The molecular weight excluding hydrogens is 374 g/mol. The molecule has 0 radical (unpaired) electrons. The van der Waals surface area contributed by atoms with Crippen molar-refractivity contribution in [2.45, 2.75) is 19.4 Å². The number of carbonyl (C=O) groups is 2. The summed E-state index contributed by atoms with van der Waals surface area (Å²) in [6.07, 6.45) is 0.255. The average molecular weight is 394 g/mol. The Morgan fingerprint density at radius 1 is 0.893 bits per heavy atom. The SMILES string of the molecule is Cc1ccc(C(=O)CC(Nc2ccc(C(=O)O)cc2)c2ccc(Cl)cc2)cc1. The number of Topliss-reactive ketones (excluding diaryl/α,β-unsaturated/α-hetero) is 1. The van der Waals surface area contributed by atoms with Gasteiger partial charge in [-0.3, -0.25) is 4.79 Å². The zero-order chi connectivity index (χ0) is 20.1. The Kier molecular flexibility index (Phi) is 6.12. The fourth-order valence-electron chi connectivity index (χ4n) is 2.90. The number of aromatic carboxylic acids is 1. The minimum Gasteiger partial charge on any atom is -0.478 e. The molecule has 0 heterocycles. The first-order valence-electron chi connectivity index (χ1n) is 8.87. The molecule has 0 amide bonds. The number of carboxylic acid groups (broad SMARTS) is 1. The number of halogens is 1. The molecule has 0 bridgehead atoms. The lowest BCUT2D eigenvalue weighted by Gasteiger charge is -2.20. The van der Waals surface area contributed by atoms with Crippen molar-refractivity contribution in [3.63, 3.8) is 0 Å². The minimum atomic E-state index is -0.977. The fraction of sp³-hybridized carbons (Fsp3) is 0.130. The molecule has 3 rings (SSSR count). The third-order valence-corrected chi connectivity index (χ3v) is 4.76. The van der Waals surface area contributed by atoms with Crippen molar-refractivity contribution in [3.05, 3.63) is 100 Å². The molecule has 0 saturated carbocycles. The summed E-state index contributed by atoms with van der Waals surface area (Å²) < 4.78 is 0. The maximum absolute atomic E-state index is 12.8. The van der Waals surface area contributed by atoms with Crippen LogP contribution in [0, 0.1) is 6.92 Å². The smallest absolute Gasteiger partial charge is 0.335 e. The van der Waals surface area contributed by atoms with E-state index in [1.54, 1.807) is 24.3 Å². The van der Waals surface area contributed by atoms with Gasteiger partial charge in [0.05, 0.1) is 11.6 Å². The molecule has 3 aromatic rings. The Morgan fingerprint density at radius 2 is 1.46 bits per heavy atom. The van der Waals surface area contributed by atoms with Crippen LogP contribution in [0.25, 0.3) is 0 Å². The monoisotopic (exact) mass is 393 g/mol.